The fraction of sp³-hybridized carbons (Fsp3) is 0.481. The summed E-state index contributed by atoms with van der Waals surface area (Å²) in [6.07, 6.45) is 0. The Balaban J connectivity index is 0.000000164. The first-order valence-corrected chi connectivity index (χ1v) is 33.9. The topological polar surface area (TPSA) is 313 Å². The van der Waals surface area contributed by atoms with Crippen LogP contribution in [-0.4, -0.2) is 54.0 Å². The number of anilines is 6. The molecular formula is C77H111N17O3. The van der Waals surface area contributed by atoms with Crippen molar-refractivity contribution >= 4 is 100 Å². The first-order valence-electron chi connectivity index (χ1n) is 33.9. The quantitative estimate of drug-likeness (QED) is 0.0901. The molecule has 0 radical (unpaired) electrons. The van der Waals surface area contributed by atoms with Crippen LogP contribution < -0.4 is 34.4 Å². The third kappa shape index (κ3) is 13.9. The Kier molecular flexibility index (Phi) is 22.4. The van der Waals surface area contributed by atoms with Gasteiger partial charge in [0.1, 0.15) is 28.7 Å². The largest absolute Gasteiger partial charge is 0.459 e. The van der Waals surface area contributed by atoms with Crippen molar-refractivity contribution in [2.45, 2.75) is 229 Å². The first kappa shape index (κ1) is 75.2. The number of nitrogens with zero attached hydrogens (tertiary/aromatic N) is 11. The van der Waals surface area contributed by atoms with Crippen LogP contribution in [-0.2, 0) is 21.1 Å². The predicted octanol–water partition coefficient (Wildman–Crippen LogP) is 18.2. The summed E-state index contributed by atoms with van der Waals surface area (Å²) < 4.78 is 23.0. The number of furan rings is 2. The number of aromatic nitrogens is 11. The number of nitrogen functional groups attached to an aromatic ring is 6. The van der Waals surface area contributed by atoms with Crippen LogP contribution in [0.25, 0.3) is 65.6 Å². The Morgan fingerprint density at radius 3 is 1.15 bits per heavy atom. The maximum Gasteiger partial charge on any atom is 0.209 e. The van der Waals surface area contributed by atoms with Gasteiger partial charge < -0.3 is 56.9 Å². The maximum atomic E-state index is 6.19. The molecule has 0 aliphatic rings. The summed E-state index contributed by atoms with van der Waals surface area (Å²) >= 11 is 0. The van der Waals surface area contributed by atoms with E-state index in [9.17, 15) is 0 Å². The number of hydrogen-bond donors (Lipinski definition) is 6. The highest BCUT2D eigenvalue weighted by Crippen LogP contribution is 2.41. The smallest absolute Gasteiger partial charge is 0.209 e. The molecule has 12 aromatic rings. The molecule has 0 spiro atoms. The normalized spacial score (nSPS) is 11.6. The molecule has 0 saturated carbocycles. The molecule has 20 heteroatoms. The minimum atomic E-state index is 0.325. The highest BCUT2D eigenvalue weighted by Gasteiger charge is 2.26. The number of nitrogens with two attached hydrogens (primary N) is 6. The van der Waals surface area contributed by atoms with Gasteiger partial charge in [0, 0.05) is 105 Å². The van der Waals surface area contributed by atoms with Crippen molar-refractivity contribution in [3.8, 4) is 0 Å². The second kappa shape index (κ2) is 28.9. The van der Waals surface area contributed by atoms with E-state index in [4.69, 9.17) is 47.8 Å². The average molecular weight is 1320 g/mol. The molecule has 12 aromatic heterocycles. The van der Waals surface area contributed by atoms with Crippen LogP contribution in [0.1, 0.15) is 243 Å². The van der Waals surface area contributed by atoms with Gasteiger partial charge in [0.05, 0.1) is 50.6 Å². The summed E-state index contributed by atoms with van der Waals surface area (Å²) in [5.41, 5.74) is 65.1. The second-order valence-electron chi connectivity index (χ2n) is 28.3. The number of pyridine rings is 6. The highest BCUT2D eigenvalue weighted by molar-refractivity contribution is 5.99. The molecule has 0 unspecified atom stereocenters. The van der Waals surface area contributed by atoms with Crippen molar-refractivity contribution in [1.29, 1.82) is 0 Å². The highest BCUT2D eigenvalue weighted by atomic mass is 16.5. The van der Waals surface area contributed by atoms with Gasteiger partial charge >= 0.3 is 0 Å². The van der Waals surface area contributed by atoms with E-state index in [2.05, 4.69) is 188 Å². The summed E-state index contributed by atoms with van der Waals surface area (Å²) in [6, 6.07) is 0. The molecule has 12 N–H and O–H groups in total. The van der Waals surface area contributed by atoms with Gasteiger partial charge in [-0.2, -0.15) is 5.10 Å². The lowest BCUT2D eigenvalue weighted by atomic mass is 9.97. The van der Waals surface area contributed by atoms with Gasteiger partial charge in [0.15, 0.2) is 22.8 Å². The SMILES string of the molecule is Cc1nc(C)c2c(C(C)C)c(C)n(C)c2c1N.Cc1nc(C)c2c(C(C)C)c(C)oc2c1N.Cc1nc(N)c2c(c(C(C)C)nn2C)c1C.Cc1nc(N)c2c(c1C)c(C(C)C)c(C)n2C.Cc1nc(N)c2oc(C)c(C(C)C)c2c1C.Cc1nc(N)c2onc(C(C)C)c2c1C. The standard InChI is InChI=1S/2C14H21N3.2C13H18N2O.C12H18N4.C11H15N3O/c1-7(2)11-10(5)17(6)14-12(11)8(3)16-9(4)13(14)15;1-7(2)11-10(5)17(6)13-12(11)8(3)9(4)16-14(13)15;1-6(2)10-9(5)16-13-11(10)7(3)15-8(4)12(13)14;1-6(2)10-9(5)16-12-11(10)7(3)8(4)15-13(12)14;1-6(2)10-9-7(3)8(4)14-12(13)11(9)16(5)15-10;1-5(2)9-8-6(3)7(4)13-11(12)10(8)15-14-9/h7H,15H2,1-6H3;7H,1-6H3,(H2,15,16);6H,14H2,1-5H3;6H,1-5H3,(H2,14,15);6H,1-5H3,(H2,13,14);5H,1-4H3,(H2,12,13). The van der Waals surface area contributed by atoms with E-state index in [1.165, 1.54) is 66.5 Å². The Morgan fingerprint density at radius 2 is 0.680 bits per heavy atom. The molecule has 0 bridgehead atoms. The van der Waals surface area contributed by atoms with E-state index in [0.29, 0.717) is 70.0 Å². The van der Waals surface area contributed by atoms with Crippen molar-refractivity contribution in [2.24, 2.45) is 21.1 Å². The monoisotopic (exact) mass is 1320 g/mol. The summed E-state index contributed by atoms with van der Waals surface area (Å²) in [6.45, 7) is 58.5. The third-order valence-electron chi connectivity index (χ3n) is 19.4. The maximum absolute atomic E-state index is 6.19. The summed E-state index contributed by atoms with van der Waals surface area (Å²) in [5, 5.41) is 15.6. The molecule has 0 saturated heterocycles. The number of hydrogen-bond acceptors (Lipinski definition) is 17. The molecule has 12 rings (SSSR count). The lowest BCUT2D eigenvalue weighted by molar-refractivity contribution is 0.442. The Morgan fingerprint density at radius 1 is 0.309 bits per heavy atom. The molecule has 522 valence electrons. The number of aryl methyl sites for hydroxylation is 17. The van der Waals surface area contributed by atoms with Gasteiger partial charge in [-0.15, -0.1) is 0 Å². The minimum absolute atomic E-state index is 0.325. The van der Waals surface area contributed by atoms with Crippen LogP contribution in [0, 0.1) is 111 Å². The Labute approximate surface area is 574 Å². The van der Waals surface area contributed by atoms with Crippen LogP contribution in [0.15, 0.2) is 13.4 Å². The van der Waals surface area contributed by atoms with E-state index in [0.717, 1.165) is 124 Å². The van der Waals surface area contributed by atoms with Gasteiger partial charge in [0.25, 0.3) is 0 Å². The van der Waals surface area contributed by atoms with Gasteiger partial charge in [-0.25, -0.2) is 19.9 Å². The van der Waals surface area contributed by atoms with Crippen molar-refractivity contribution in [2.75, 3.05) is 34.4 Å². The predicted molar refractivity (Wildman–Crippen MR) is 407 cm³/mol. The fourth-order valence-corrected chi connectivity index (χ4v) is 13.9. The van der Waals surface area contributed by atoms with Crippen molar-refractivity contribution in [3.05, 3.63) is 124 Å². The van der Waals surface area contributed by atoms with E-state index in [1.807, 2.05) is 81.0 Å². The van der Waals surface area contributed by atoms with Crippen LogP contribution >= 0.6 is 0 Å². The van der Waals surface area contributed by atoms with Crippen molar-refractivity contribution < 1.29 is 13.4 Å². The average Bonchev–Trinajstić information content (AvgIpc) is 1.63. The van der Waals surface area contributed by atoms with E-state index in [-0.39, 0.29) is 0 Å². The minimum Gasteiger partial charge on any atom is -0.459 e. The van der Waals surface area contributed by atoms with E-state index < -0.39 is 0 Å². The van der Waals surface area contributed by atoms with Gasteiger partial charge in [-0.05, 0) is 180 Å². The summed E-state index contributed by atoms with van der Waals surface area (Å²) in [7, 11) is 6.07. The summed E-state index contributed by atoms with van der Waals surface area (Å²) in [4.78, 5) is 26.3. The molecule has 0 aliphatic heterocycles. The molecule has 0 aromatic carbocycles. The zero-order chi connectivity index (χ0) is 73.1. The molecule has 0 fully saturated rings. The molecular weight excluding hydrogens is 1210 g/mol. The van der Waals surface area contributed by atoms with Crippen LogP contribution in [0.5, 0.6) is 0 Å². The molecule has 12 heterocycles. The number of fused-ring (bicyclic) bond motifs is 6. The fourth-order valence-electron chi connectivity index (χ4n) is 13.9. The molecule has 0 aliphatic carbocycles. The Hall–Kier alpha value is -9.20. The summed E-state index contributed by atoms with van der Waals surface area (Å²) in [5.74, 6) is 6.58. The van der Waals surface area contributed by atoms with Crippen LogP contribution in [0.4, 0.5) is 34.6 Å². The van der Waals surface area contributed by atoms with Gasteiger partial charge in [-0.3, -0.25) is 14.6 Å². The van der Waals surface area contributed by atoms with Gasteiger partial charge in [-0.1, -0.05) is 88.2 Å². The van der Waals surface area contributed by atoms with E-state index >= 15 is 0 Å². The van der Waals surface area contributed by atoms with Crippen molar-refractivity contribution in [1.82, 2.24) is 54.0 Å². The zero-order valence-electron chi connectivity index (χ0n) is 64.1. The van der Waals surface area contributed by atoms with E-state index in [1.54, 1.807) is 0 Å². The molecule has 20 nitrogen and oxygen atoms in total. The molecule has 0 amide bonds. The zero-order valence-corrected chi connectivity index (χ0v) is 64.1. The number of rotatable bonds is 6. The Bertz CT molecular complexity index is 4940. The van der Waals surface area contributed by atoms with Crippen LogP contribution in [0.3, 0.4) is 0 Å². The molecule has 97 heavy (non-hydrogen) atoms. The lowest BCUT2D eigenvalue weighted by Crippen LogP contribution is -2.00. The second-order valence-corrected chi connectivity index (χ2v) is 28.3. The lowest BCUT2D eigenvalue weighted by Gasteiger charge is -2.09. The third-order valence-corrected chi connectivity index (χ3v) is 19.4. The van der Waals surface area contributed by atoms with Crippen LogP contribution in [0.2, 0.25) is 0 Å². The van der Waals surface area contributed by atoms with Gasteiger partial charge in [0.2, 0.25) is 5.58 Å². The molecule has 0 atom stereocenters. The van der Waals surface area contributed by atoms with Crippen molar-refractivity contribution in [3.63, 3.8) is 0 Å². The first-order chi connectivity index (χ1) is 45.0.